The number of pyridine rings is 2. The molecular formula is C20H15ClFLiN4O3. The Labute approximate surface area is 188 Å². The molecule has 1 aliphatic rings. The number of nitrogens with zero attached hydrogens (tertiary/aromatic N) is 3. The van der Waals surface area contributed by atoms with Gasteiger partial charge in [0.15, 0.2) is 0 Å². The summed E-state index contributed by atoms with van der Waals surface area (Å²) in [6.45, 7) is 0.994. The molecule has 0 aliphatic carbocycles. The summed E-state index contributed by atoms with van der Waals surface area (Å²) < 4.78 is 16.0. The van der Waals surface area contributed by atoms with Gasteiger partial charge < -0.3 is 20.1 Å². The molecule has 10 heteroatoms. The van der Waals surface area contributed by atoms with E-state index in [0.29, 0.717) is 29.6 Å². The van der Waals surface area contributed by atoms with E-state index in [-0.39, 0.29) is 46.8 Å². The molecule has 0 bridgehead atoms. The Bertz CT molecular complexity index is 1200. The summed E-state index contributed by atoms with van der Waals surface area (Å²) in [4.78, 5) is 30.1. The molecular weight excluding hydrogens is 406 g/mol. The number of rotatable bonds is 4. The first kappa shape index (κ1) is 21.9. The summed E-state index contributed by atoms with van der Waals surface area (Å²) in [5.41, 5.74) is 0.410. The molecule has 1 N–H and O–H groups in total. The van der Waals surface area contributed by atoms with E-state index in [4.69, 9.17) is 11.6 Å². The summed E-state index contributed by atoms with van der Waals surface area (Å²) >= 11 is 6.01. The minimum Gasteiger partial charge on any atom is -0.545 e. The number of nitrogens with one attached hydrogen (secondary N) is 1. The number of carboxylic acid groups (broad SMARTS) is 1. The van der Waals surface area contributed by atoms with Crippen LogP contribution in [0.4, 0.5) is 21.6 Å². The van der Waals surface area contributed by atoms with Crippen molar-refractivity contribution in [3.63, 3.8) is 0 Å². The number of aromatic carboxylic acids is 1. The van der Waals surface area contributed by atoms with E-state index < -0.39 is 11.8 Å². The van der Waals surface area contributed by atoms with Crippen molar-refractivity contribution >= 4 is 34.8 Å². The molecule has 0 amide bonds. The summed E-state index contributed by atoms with van der Waals surface area (Å²) in [6, 6.07) is 6.99. The summed E-state index contributed by atoms with van der Waals surface area (Å²) in [5, 5.41) is 14.7. The minimum absolute atomic E-state index is 0. The smallest absolute Gasteiger partial charge is 0.545 e. The van der Waals surface area contributed by atoms with Crippen LogP contribution in [-0.4, -0.2) is 29.1 Å². The Morgan fingerprint density at radius 1 is 1.20 bits per heavy atom. The van der Waals surface area contributed by atoms with Crippen molar-refractivity contribution < 1.29 is 33.2 Å². The van der Waals surface area contributed by atoms with Gasteiger partial charge in [-0.15, -0.1) is 0 Å². The van der Waals surface area contributed by atoms with E-state index in [1.54, 1.807) is 0 Å². The Morgan fingerprint density at radius 2 is 1.97 bits per heavy atom. The van der Waals surface area contributed by atoms with Gasteiger partial charge in [-0.25, -0.2) is 4.39 Å². The Hall–Kier alpha value is -2.79. The molecule has 0 fully saturated rings. The van der Waals surface area contributed by atoms with E-state index in [0.717, 1.165) is 0 Å². The van der Waals surface area contributed by atoms with Gasteiger partial charge in [0.2, 0.25) is 0 Å². The number of benzene rings is 1. The zero-order valence-electron chi connectivity index (χ0n) is 16.3. The maximum absolute atomic E-state index is 14.5. The Morgan fingerprint density at radius 3 is 2.70 bits per heavy atom. The fourth-order valence-corrected chi connectivity index (χ4v) is 3.60. The number of fused-ring (bicyclic) bond motifs is 1. The summed E-state index contributed by atoms with van der Waals surface area (Å²) in [6.07, 6.45) is 2.61. The molecule has 0 saturated carbocycles. The van der Waals surface area contributed by atoms with Crippen molar-refractivity contribution in [2.45, 2.75) is 6.54 Å². The second-order valence-electron chi connectivity index (χ2n) is 6.63. The van der Waals surface area contributed by atoms with Crippen molar-refractivity contribution in [3.8, 4) is 11.1 Å². The first-order valence-electron chi connectivity index (χ1n) is 8.73. The fraction of sp³-hybridized carbons (Fsp3) is 0.150. The number of hydrogen-bond acceptors (Lipinski definition) is 6. The van der Waals surface area contributed by atoms with Crippen molar-refractivity contribution in [2.24, 2.45) is 0 Å². The first-order chi connectivity index (χ1) is 13.9. The van der Waals surface area contributed by atoms with Crippen LogP contribution in [-0.2, 0) is 6.54 Å². The molecule has 30 heavy (non-hydrogen) atoms. The van der Waals surface area contributed by atoms with Gasteiger partial charge in [-0.05, 0) is 30.3 Å². The van der Waals surface area contributed by atoms with Crippen LogP contribution >= 0.6 is 11.6 Å². The molecule has 1 aromatic carbocycles. The van der Waals surface area contributed by atoms with Crippen LogP contribution in [0.1, 0.15) is 10.4 Å². The van der Waals surface area contributed by atoms with Gasteiger partial charge in [-0.1, -0.05) is 11.6 Å². The average molecular weight is 421 g/mol. The SMILES string of the molecule is CN1CCn2c1c(Nc1ccncc1C(=O)[O-])cc(-c1cc(Cl)ccc1F)c2=O.[Li+]. The van der Waals surface area contributed by atoms with E-state index in [2.05, 4.69) is 10.3 Å². The predicted molar refractivity (Wildman–Crippen MR) is 106 cm³/mol. The van der Waals surface area contributed by atoms with Gasteiger partial charge in [0.05, 0.1) is 22.9 Å². The second kappa shape index (κ2) is 8.52. The Balaban J connectivity index is 0.00000256. The molecule has 0 radical (unpaired) electrons. The van der Waals surface area contributed by atoms with Gasteiger partial charge in [-0.2, -0.15) is 0 Å². The monoisotopic (exact) mass is 420 g/mol. The Kier molecular flexibility index (Phi) is 6.22. The van der Waals surface area contributed by atoms with E-state index in [9.17, 15) is 19.1 Å². The molecule has 3 aromatic rings. The number of carbonyl (C=O) groups excluding carboxylic acids is 1. The number of carboxylic acids is 1. The summed E-state index contributed by atoms with van der Waals surface area (Å²) in [7, 11) is 1.81. The fourth-order valence-electron chi connectivity index (χ4n) is 3.43. The third-order valence-electron chi connectivity index (χ3n) is 4.81. The molecule has 2 aromatic heterocycles. The number of aromatic nitrogens is 2. The molecule has 0 unspecified atom stereocenters. The molecule has 3 heterocycles. The quantitative estimate of drug-likeness (QED) is 0.559. The molecule has 7 nitrogen and oxygen atoms in total. The molecule has 1 aliphatic heterocycles. The van der Waals surface area contributed by atoms with Crippen LogP contribution in [0.25, 0.3) is 11.1 Å². The van der Waals surface area contributed by atoms with Crippen molar-refractivity contribution in [1.29, 1.82) is 0 Å². The summed E-state index contributed by atoms with van der Waals surface area (Å²) in [5.74, 6) is -1.40. The van der Waals surface area contributed by atoms with Crippen LogP contribution in [0, 0.1) is 5.82 Å². The van der Waals surface area contributed by atoms with Crippen LogP contribution in [0.2, 0.25) is 5.02 Å². The van der Waals surface area contributed by atoms with Crippen LogP contribution in [0.5, 0.6) is 0 Å². The standard InChI is InChI=1S/C20H16ClFN4O3.Li/c1-25-6-7-26-18(25)17(24-16-4-5-23-10-14(16)20(28)29)9-13(19(26)27)12-8-11(21)2-3-15(12)22;/h2-5,8-10H,6-7H2,1H3,(H,23,24)(H,28,29);/q;+1/p-1. The zero-order chi connectivity index (χ0) is 20.7. The van der Waals surface area contributed by atoms with E-state index >= 15 is 0 Å². The number of hydrogen-bond donors (Lipinski definition) is 1. The third kappa shape index (κ3) is 3.82. The van der Waals surface area contributed by atoms with Crippen LogP contribution in [0.3, 0.4) is 0 Å². The van der Waals surface area contributed by atoms with Crippen LogP contribution < -0.4 is 39.7 Å². The second-order valence-corrected chi connectivity index (χ2v) is 7.07. The normalized spacial score (nSPS) is 12.3. The number of halogens is 2. The third-order valence-corrected chi connectivity index (χ3v) is 5.05. The number of likely N-dealkylation sites (N-methyl/N-ethyl adjacent to an activating group) is 1. The van der Waals surface area contributed by atoms with Gasteiger partial charge in [0.1, 0.15) is 11.6 Å². The largest absolute Gasteiger partial charge is 1.00 e. The molecule has 0 saturated heterocycles. The maximum Gasteiger partial charge on any atom is 1.00 e. The van der Waals surface area contributed by atoms with Gasteiger partial charge in [0, 0.05) is 48.7 Å². The molecule has 148 valence electrons. The minimum atomic E-state index is -1.39. The number of carbonyl (C=O) groups is 1. The van der Waals surface area contributed by atoms with Gasteiger partial charge in [0.25, 0.3) is 5.56 Å². The van der Waals surface area contributed by atoms with Gasteiger partial charge in [-0.3, -0.25) is 14.3 Å². The van der Waals surface area contributed by atoms with Crippen molar-refractivity contribution in [3.05, 3.63) is 69.5 Å². The van der Waals surface area contributed by atoms with Crippen LogP contribution in [0.15, 0.2) is 47.5 Å². The van der Waals surface area contributed by atoms with Gasteiger partial charge >= 0.3 is 18.9 Å². The molecule has 0 spiro atoms. The first-order valence-corrected chi connectivity index (χ1v) is 9.11. The number of anilines is 3. The van der Waals surface area contributed by atoms with E-state index in [1.807, 2.05) is 11.9 Å². The predicted octanol–water partition coefficient (Wildman–Crippen LogP) is -0.736. The van der Waals surface area contributed by atoms with Crippen molar-refractivity contribution in [2.75, 3.05) is 23.8 Å². The zero-order valence-corrected chi connectivity index (χ0v) is 17.0. The van der Waals surface area contributed by atoms with E-state index in [1.165, 1.54) is 47.3 Å². The van der Waals surface area contributed by atoms with Crippen molar-refractivity contribution in [1.82, 2.24) is 9.55 Å². The maximum atomic E-state index is 14.5. The average Bonchev–Trinajstić information content (AvgIpc) is 3.09. The topological polar surface area (TPSA) is 90.3 Å². The molecule has 0 atom stereocenters. The molecule has 4 rings (SSSR count).